The summed E-state index contributed by atoms with van der Waals surface area (Å²) in [6, 6.07) is 26.3. The van der Waals surface area contributed by atoms with E-state index < -0.39 is 11.8 Å². The Balaban J connectivity index is 1.62. The molecule has 3 aromatic rings. The summed E-state index contributed by atoms with van der Waals surface area (Å²) >= 11 is 0. The van der Waals surface area contributed by atoms with E-state index in [2.05, 4.69) is 10.9 Å². The second-order valence-electron chi connectivity index (χ2n) is 6.35. The van der Waals surface area contributed by atoms with Gasteiger partial charge in [0.25, 0.3) is 5.91 Å². The fourth-order valence-electron chi connectivity index (χ4n) is 2.89. The zero-order valence-electron chi connectivity index (χ0n) is 15.6. The van der Waals surface area contributed by atoms with Gasteiger partial charge in [-0.25, -0.2) is 0 Å². The highest BCUT2D eigenvalue weighted by Gasteiger charge is 2.22. The van der Waals surface area contributed by atoms with E-state index in [1.807, 2.05) is 85.8 Å². The molecule has 5 nitrogen and oxygen atoms in total. The number of rotatable bonds is 6. The molecule has 0 spiro atoms. The molecule has 0 saturated heterocycles. The maximum Gasteiger partial charge on any atom is 0.276 e. The van der Waals surface area contributed by atoms with Crippen LogP contribution < -0.4 is 15.6 Å². The third-order valence-electron chi connectivity index (χ3n) is 4.31. The van der Waals surface area contributed by atoms with Crippen molar-refractivity contribution < 1.29 is 14.3 Å². The van der Waals surface area contributed by atoms with Crippen LogP contribution in [-0.2, 0) is 9.59 Å². The highest BCUT2D eigenvalue weighted by molar-refractivity contribution is 5.89. The summed E-state index contributed by atoms with van der Waals surface area (Å²) in [5.74, 6) is -0.645. The molecule has 0 aliphatic carbocycles. The van der Waals surface area contributed by atoms with Gasteiger partial charge < -0.3 is 4.74 Å². The topological polar surface area (TPSA) is 67.4 Å². The van der Waals surface area contributed by atoms with Crippen LogP contribution in [-0.4, -0.2) is 18.4 Å². The minimum absolute atomic E-state index is 0.188. The Bertz CT molecular complexity index is 887. The van der Waals surface area contributed by atoms with Crippen molar-refractivity contribution in [3.05, 3.63) is 102 Å². The van der Waals surface area contributed by atoms with Crippen molar-refractivity contribution in [2.75, 3.05) is 6.61 Å². The SMILES string of the molecule is Cc1ccccc1OCC(=O)NNC(=O)C(c1ccccc1)c1ccccc1. The van der Waals surface area contributed by atoms with E-state index in [1.165, 1.54) is 0 Å². The lowest BCUT2D eigenvalue weighted by atomic mass is 9.91. The molecule has 0 aliphatic heterocycles. The normalized spacial score (nSPS) is 10.4. The number of ether oxygens (including phenoxy) is 1. The average molecular weight is 374 g/mol. The van der Waals surface area contributed by atoms with Crippen LogP contribution >= 0.6 is 0 Å². The molecule has 3 aromatic carbocycles. The molecule has 3 rings (SSSR count). The Hall–Kier alpha value is -3.60. The predicted molar refractivity (Wildman–Crippen MR) is 108 cm³/mol. The van der Waals surface area contributed by atoms with Gasteiger partial charge in [-0.1, -0.05) is 78.9 Å². The van der Waals surface area contributed by atoms with E-state index >= 15 is 0 Å². The second kappa shape index (κ2) is 9.37. The van der Waals surface area contributed by atoms with Crippen LogP contribution in [0, 0.1) is 6.92 Å². The van der Waals surface area contributed by atoms with E-state index in [9.17, 15) is 9.59 Å². The zero-order valence-corrected chi connectivity index (χ0v) is 15.6. The molecule has 0 atom stereocenters. The molecule has 2 amide bonds. The van der Waals surface area contributed by atoms with Crippen molar-refractivity contribution in [2.45, 2.75) is 12.8 Å². The number of nitrogens with one attached hydrogen (secondary N) is 2. The van der Waals surface area contributed by atoms with Crippen molar-refractivity contribution in [3.8, 4) is 5.75 Å². The van der Waals surface area contributed by atoms with Crippen LogP contribution in [0.3, 0.4) is 0 Å². The van der Waals surface area contributed by atoms with Crippen LogP contribution in [0.4, 0.5) is 0 Å². The Morgan fingerprint density at radius 1 is 0.786 bits per heavy atom. The van der Waals surface area contributed by atoms with Gasteiger partial charge in [-0.15, -0.1) is 0 Å². The summed E-state index contributed by atoms with van der Waals surface area (Å²) in [6.07, 6.45) is 0. The van der Waals surface area contributed by atoms with Gasteiger partial charge in [0, 0.05) is 0 Å². The Labute approximate surface area is 164 Å². The van der Waals surface area contributed by atoms with Crippen LogP contribution in [0.1, 0.15) is 22.6 Å². The van der Waals surface area contributed by atoms with E-state index in [0.717, 1.165) is 16.7 Å². The first kappa shape index (κ1) is 19.2. The fourth-order valence-corrected chi connectivity index (χ4v) is 2.89. The first-order valence-corrected chi connectivity index (χ1v) is 9.02. The number of aryl methyl sites for hydroxylation is 1. The third-order valence-corrected chi connectivity index (χ3v) is 4.31. The third kappa shape index (κ3) is 4.98. The van der Waals surface area contributed by atoms with Crippen molar-refractivity contribution in [2.24, 2.45) is 0 Å². The molecule has 28 heavy (non-hydrogen) atoms. The van der Waals surface area contributed by atoms with Gasteiger partial charge in [-0.3, -0.25) is 20.4 Å². The summed E-state index contributed by atoms with van der Waals surface area (Å²) < 4.78 is 5.50. The van der Waals surface area contributed by atoms with E-state index in [1.54, 1.807) is 6.07 Å². The average Bonchev–Trinajstić information content (AvgIpc) is 2.73. The first-order chi connectivity index (χ1) is 13.6. The first-order valence-electron chi connectivity index (χ1n) is 9.02. The molecular formula is C23H22N2O3. The Morgan fingerprint density at radius 3 is 1.89 bits per heavy atom. The quantitative estimate of drug-likeness (QED) is 0.650. The zero-order chi connectivity index (χ0) is 19.8. The maximum atomic E-state index is 12.8. The van der Waals surface area contributed by atoms with Crippen LogP contribution in [0.2, 0.25) is 0 Å². The lowest BCUT2D eigenvalue weighted by Gasteiger charge is -2.18. The molecule has 2 N–H and O–H groups in total. The largest absolute Gasteiger partial charge is 0.483 e. The number of para-hydroxylation sites is 1. The molecule has 142 valence electrons. The van der Waals surface area contributed by atoms with Crippen molar-refractivity contribution in [3.63, 3.8) is 0 Å². The summed E-state index contributed by atoms with van der Waals surface area (Å²) in [7, 11) is 0. The highest BCUT2D eigenvalue weighted by Crippen LogP contribution is 2.24. The standard InChI is InChI=1S/C23H22N2O3/c1-17-10-8-9-15-20(17)28-16-21(26)24-25-23(27)22(18-11-4-2-5-12-18)19-13-6-3-7-14-19/h2-15,22H,16H2,1H3,(H,24,26)(H,25,27). The van der Waals surface area contributed by atoms with E-state index in [-0.39, 0.29) is 12.5 Å². The molecule has 0 bridgehead atoms. The van der Waals surface area contributed by atoms with Crippen LogP contribution in [0.15, 0.2) is 84.9 Å². The maximum absolute atomic E-state index is 12.8. The predicted octanol–water partition coefficient (Wildman–Crippen LogP) is 3.35. The lowest BCUT2D eigenvalue weighted by molar-refractivity contribution is -0.130. The van der Waals surface area contributed by atoms with Crippen LogP contribution in [0.25, 0.3) is 0 Å². The number of hydrogen-bond donors (Lipinski definition) is 2. The number of hydrazine groups is 1. The van der Waals surface area contributed by atoms with Crippen molar-refractivity contribution >= 4 is 11.8 Å². The number of amides is 2. The second-order valence-corrected chi connectivity index (χ2v) is 6.35. The number of benzene rings is 3. The van der Waals surface area contributed by atoms with E-state index in [4.69, 9.17) is 4.74 Å². The monoisotopic (exact) mass is 374 g/mol. The van der Waals surface area contributed by atoms with E-state index in [0.29, 0.717) is 5.75 Å². The molecule has 0 saturated carbocycles. The number of hydrogen-bond acceptors (Lipinski definition) is 3. The molecule has 0 unspecified atom stereocenters. The summed E-state index contributed by atoms with van der Waals surface area (Å²) in [5, 5.41) is 0. The van der Waals surface area contributed by atoms with Gasteiger partial charge >= 0.3 is 0 Å². The fraction of sp³-hybridized carbons (Fsp3) is 0.130. The summed E-state index contributed by atoms with van der Waals surface area (Å²) in [6.45, 7) is 1.71. The summed E-state index contributed by atoms with van der Waals surface area (Å²) in [4.78, 5) is 24.9. The Kier molecular flexibility index (Phi) is 6.41. The van der Waals surface area contributed by atoms with Gasteiger partial charge in [0.2, 0.25) is 5.91 Å². The van der Waals surface area contributed by atoms with Gasteiger partial charge in [0.15, 0.2) is 6.61 Å². The summed E-state index contributed by atoms with van der Waals surface area (Å²) in [5.41, 5.74) is 7.57. The Morgan fingerprint density at radius 2 is 1.32 bits per heavy atom. The molecular weight excluding hydrogens is 352 g/mol. The van der Waals surface area contributed by atoms with Gasteiger partial charge in [0.1, 0.15) is 5.75 Å². The van der Waals surface area contributed by atoms with Gasteiger partial charge in [0.05, 0.1) is 5.92 Å². The minimum atomic E-state index is -0.528. The van der Waals surface area contributed by atoms with Gasteiger partial charge in [-0.05, 0) is 29.7 Å². The number of carbonyl (C=O) groups excluding carboxylic acids is 2. The molecule has 0 heterocycles. The van der Waals surface area contributed by atoms with Crippen molar-refractivity contribution in [1.82, 2.24) is 10.9 Å². The van der Waals surface area contributed by atoms with Gasteiger partial charge in [-0.2, -0.15) is 0 Å². The van der Waals surface area contributed by atoms with Crippen LogP contribution in [0.5, 0.6) is 5.75 Å². The molecule has 0 aliphatic rings. The molecule has 5 heteroatoms. The smallest absolute Gasteiger partial charge is 0.276 e. The lowest BCUT2D eigenvalue weighted by Crippen LogP contribution is -2.46. The molecule has 0 aromatic heterocycles. The number of carbonyl (C=O) groups is 2. The molecule has 0 fully saturated rings. The highest BCUT2D eigenvalue weighted by atomic mass is 16.5. The minimum Gasteiger partial charge on any atom is -0.483 e. The van der Waals surface area contributed by atoms with Crippen molar-refractivity contribution in [1.29, 1.82) is 0 Å². The molecule has 0 radical (unpaired) electrons.